The van der Waals surface area contributed by atoms with Gasteiger partial charge in [-0.1, -0.05) is 30.4 Å². The molecule has 0 aliphatic carbocycles. The van der Waals surface area contributed by atoms with Crippen LogP contribution in [0.1, 0.15) is 17.7 Å². The normalized spacial score (nSPS) is 10.8. The molecule has 1 heterocycles. The van der Waals surface area contributed by atoms with Gasteiger partial charge in [0.25, 0.3) is 0 Å². The van der Waals surface area contributed by atoms with Crippen molar-refractivity contribution in [3.8, 4) is 0 Å². The average molecular weight is 252 g/mol. The molecule has 2 heteroatoms. The molecule has 2 nitrogen and oxygen atoms in total. The van der Waals surface area contributed by atoms with E-state index in [0.29, 0.717) is 0 Å². The maximum atomic E-state index is 4.31. The number of rotatable bonds is 5. The zero-order valence-corrected chi connectivity index (χ0v) is 11.6. The minimum atomic E-state index is 0.993. The molecule has 0 spiro atoms. The Labute approximate surface area is 115 Å². The van der Waals surface area contributed by atoms with E-state index < -0.39 is 0 Å². The number of nitrogens with zero attached hydrogens (tertiary/aromatic N) is 2. The van der Waals surface area contributed by atoms with Gasteiger partial charge in [-0.05, 0) is 42.7 Å². The first kappa shape index (κ1) is 13.3. The van der Waals surface area contributed by atoms with Gasteiger partial charge in [-0.3, -0.25) is 4.98 Å². The predicted molar refractivity (Wildman–Crippen MR) is 82.4 cm³/mol. The van der Waals surface area contributed by atoms with Crippen LogP contribution in [0.25, 0.3) is 6.08 Å². The van der Waals surface area contributed by atoms with Crippen molar-refractivity contribution >= 4 is 11.8 Å². The van der Waals surface area contributed by atoms with Crippen molar-refractivity contribution in [2.45, 2.75) is 12.8 Å². The summed E-state index contributed by atoms with van der Waals surface area (Å²) in [4.78, 5) is 6.42. The van der Waals surface area contributed by atoms with Crippen LogP contribution < -0.4 is 4.90 Å². The Balaban J connectivity index is 1.85. The Bertz CT molecular complexity index is 513. The van der Waals surface area contributed by atoms with E-state index in [0.717, 1.165) is 18.5 Å². The zero-order valence-electron chi connectivity index (χ0n) is 11.6. The van der Waals surface area contributed by atoms with E-state index in [1.165, 1.54) is 11.3 Å². The number of aromatic nitrogens is 1. The van der Waals surface area contributed by atoms with Gasteiger partial charge in [0.15, 0.2) is 0 Å². The van der Waals surface area contributed by atoms with E-state index in [4.69, 9.17) is 0 Å². The van der Waals surface area contributed by atoms with Gasteiger partial charge in [0, 0.05) is 31.7 Å². The van der Waals surface area contributed by atoms with Crippen LogP contribution in [0.4, 0.5) is 5.69 Å². The summed E-state index contributed by atoms with van der Waals surface area (Å²) < 4.78 is 0. The molecule has 2 aromatic rings. The molecule has 2 rings (SSSR count). The van der Waals surface area contributed by atoms with Gasteiger partial charge < -0.3 is 4.90 Å². The molecule has 19 heavy (non-hydrogen) atoms. The molecule has 0 amide bonds. The second kappa shape index (κ2) is 6.74. The summed E-state index contributed by atoms with van der Waals surface area (Å²) in [6, 6.07) is 14.6. The summed E-state index contributed by atoms with van der Waals surface area (Å²) in [7, 11) is 4.11. The highest BCUT2D eigenvalue weighted by Crippen LogP contribution is 2.13. The fourth-order valence-corrected chi connectivity index (χ4v) is 1.88. The summed E-state index contributed by atoms with van der Waals surface area (Å²) >= 11 is 0. The minimum Gasteiger partial charge on any atom is -0.378 e. The van der Waals surface area contributed by atoms with Crippen LogP contribution in [0, 0.1) is 0 Å². The molecule has 0 fully saturated rings. The third kappa shape index (κ3) is 4.25. The lowest BCUT2D eigenvalue weighted by Crippen LogP contribution is -2.07. The van der Waals surface area contributed by atoms with Crippen LogP contribution >= 0.6 is 0 Å². The molecule has 0 saturated heterocycles. The monoisotopic (exact) mass is 252 g/mol. The van der Waals surface area contributed by atoms with Crippen molar-refractivity contribution in [3.63, 3.8) is 0 Å². The lowest BCUT2D eigenvalue weighted by atomic mass is 10.1. The van der Waals surface area contributed by atoms with Crippen molar-refractivity contribution in [1.29, 1.82) is 0 Å². The highest BCUT2D eigenvalue weighted by atomic mass is 15.1. The molecule has 0 radical (unpaired) electrons. The quantitative estimate of drug-likeness (QED) is 0.804. The van der Waals surface area contributed by atoms with Crippen LogP contribution in [0.5, 0.6) is 0 Å². The lowest BCUT2D eigenvalue weighted by Gasteiger charge is -2.11. The van der Waals surface area contributed by atoms with Gasteiger partial charge >= 0.3 is 0 Å². The smallest absolute Gasteiger partial charge is 0.0406 e. The Morgan fingerprint density at radius 2 is 1.84 bits per heavy atom. The van der Waals surface area contributed by atoms with Crippen molar-refractivity contribution in [1.82, 2.24) is 4.98 Å². The van der Waals surface area contributed by atoms with Crippen LogP contribution in [-0.2, 0) is 6.42 Å². The summed E-state index contributed by atoms with van der Waals surface area (Å²) in [5.74, 6) is 0. The summed E-state index contributed by atoms with van der Waals surface area (Å²) in [6.45, 7) is 0. The molecular weight excluding hydrogens is 232 g/mol. The molecule has 0 bridgehead atoms. The molecule has 0 saturated carbocycles. The average Bonchev–Trinajstić information content (AvgIpc) is 2.45. The topological polar surface area (TPSA) is 16.1 Å². The van der Waals surface area contributed by atoms with Crippen LogP contribution in [0.2, 0.25) is 0 Å². The first-order valence-electron chi connectivity index (χ1n) is 6.59. The van der Waals surface area contributed by atoms with E-state index in [9.17, 15) is 0 Å². The second-order valence-corrected chi connectivity index (χ2v) is 4.75. The fourth-order valence-electron chi connectivity index (χ4n) is 1.88. The van der Waals surface area contributed by atoms with E-state index in [1.54, 1.807) is 0 Å². The number of hydrogen-bond donors (Lipinski definition) is 0. The van der Waals surface area contributed by atoms with E-state index >= 15 is 0 Å². The SMILES string of the molecule is CN(C)c1ccc(/C=C/CCc2ccccn2)cc1. The number of aryl methyl sites for hydroxylation is 1. The summed E-state index contributed by atoms with van der Waals surface area (Å²) in [5.41, 5.74) is 3.62. The van der Waals surface area contributed by atoms with Crippen molar-refractivity contribution < 1.29 is 0 Å². The third-order valence-corrected chi connectivity index (χ3v) is 3.01. The standard InChI is InChI=1S/C17H20N2/c1-19(2)17-12-10-15(11-13-17)7-3-4-8-16-9-5-6-14-18-16/h3,5-7,9-14H,4,8H2,1-2H3/b7-3+. The van der Waals surface area contributed by atoms with E-state index in [-0.39, 0.29) is 0 Å². The molecular formula is C17H20N2. The number of hydrogen-bond acceptors (Lipinski definition) is 2. The molecule has 98 valence electrons. The summed E-state index contributed by atoms with van der Waals surface area (Å²) in [5, 5.41) is 0. The first-order chi connectivity index (χ1) is 9.25. The van der Waals surface area contributed by atoms with Gasteiger partial charge in [0.1, 0.15) is 0 Å². The van der Waals surface area contributed by atoms with Crippen LogP contribution in [0.3, 0.4) is 0 Å². The second-order valence-electron chi connectivity index (χ2n) is 4.75. The Kier molecular flexibility index (Phi) is 4.73. The molecule has 1 aromatic carbocycles. The lowest BCUT2D eigenvalue weighted by molar-refractivity contribution is 0.946. The number of allylic oxidation sites excluding steroid dienone is 1. The third-order valence-electron chi connectivity index (χ3n) is 3.01. The predicted octanol–water partition coefficient (Wildman–Crippen LogP) is 3.79. The largest absolute Gasteiger partial charge is 0.378 e. The van der Waals surface area contributed by atoms with Gasteiger partial charge in [-0.2, -0.15) is 0 Å². The highest BCUT2D eigenvalue weighted by Gasteiger charge is 1.94. The molecule has 1 aromatic heterocycles. The van der Waals surface area contributed by atoms with Crippen molar-refractivity contribution in [2.24, 2.45) is 0 Å². The van der Waals surface area contributed by atoms with Crippen LogP contribution in [-0.4, -0.2) is 19.1 Å². The molecule has 0 aliphatic rings. The highest BCUT2D eigenvalue weighted by molar-refractivity contribution is 5.55. The zero-order chi connectivity index (χ0) is 13.5. The maximum absolute atomic E-state index is 4.31. The van der Waals surface area contributed by atoms with Crippen molar-refractivity contribution in [3.05, 3.63) is 66.0 Å². The molecule has 0 atom stereocenters. The Hall–Kier alpha value is -2.09. The van der Waals surface area contributed by atoms with Gasteiger partial charge in [0.05, 0.1) is 0 Å². The van der Waals surface area contributed by atoms with E-state index in [1.807, 2.05) is 18.3 Å². The summed E-state index contributed by atoms with van der Waals surface area (Å²) in [6.07, 6.45) is 8.24. The molecule has 0 N–H and O–H groups in total. The van der Waals surface area contributed by atoms with Crippen LogP contribution in [0.15, 0.2) is 54.7 Å². The Morgan fingerprint density at radius 1 is 1.05 bits per heavy atom. The molecule has 0 unspecified atom stereocenters. The number of benzene rings is 1. The molecule has 0 aliphatic heterocycles. The van der Waals surface area contributed by atoms with Crippen molar-refractivity contribution in [2.75, 3.05) is 19.0 Å². The van der Waals surface area contributed by atoms with Gasteiger partial charge in [0.2, 0.25) is 0 Å². The van der Waals surface area contributed by atoms with Gasteiger partial charge in [-0.15, -0.1) is 0 Å². The minimum absolute atomic E-state index is 0.993. The number of pyridine rings is 1. The Morgan fingerprint density at radius 3 is 2.47 bits per heavy atom. The van der Waals surface area contributed by atoms with E-state index in [2.05, 4.69) is 66.5 Å². The maximum Gasteiger partial charge on any atom is 0.0406 e. The first-order valence-corrected chi connectivity index (χ1v) is 6.59. The van der Waals surface area contributed by atoms with Gasteiger partial charge in [-0.25, -0.2) is 0 Å². The fraction of sp³-hybridized carbons (Fsp3) is 0.235. The number of anilines is 1.